The Hall–Kier alpha value is -1.75. The second-order valence-electron chi connectivity index (χ2n) is 5.68. The van der Waals surface area contributed by atoms with Crippen molar-refractivity contribution in [3.8, 4) is 0 Å². The zero-order chi connectivity index (χ0) is 14.2. The van der Waals surface area contributed by atoms with Crippen LogP contribution in [0.1, 0.15) is 31.1 Å². The third-order valence-electron chi connectivity index (χ3n) is 3.22. The topological polar surface area (TPSA) is 81.6 Å². The van der Waals surface area contributed by atoms with Crippen LogP contribution in [0.2, 0.25) is 0 Å². The Bertz CT molecular complexity index is 499. The maximum absolute atomic E-state index is 11.6. The van der Waals surface area contributed by atoms with E-state index in [-0.39, 0.29) is 11.7 Å². The van der Waals surface area contributed by atoms with Gasteiger partial charge >= 0.3 is 0 Å². The van der Waals surface area contributed by atoms with Gasteiger partial charge in [0.1, 0.15) is 0 Å². The van der Waals surface area contributed by atoms with Crippen molar-refractivity contribution in [2.45, 2.75) is 32.5 Å². The molecule has 0 aliphatic carbocycles. The average molecular weight is 263 g/mol. The highest BCUT2D eigenvalue weighted by Crippen LogP contribution is 2.32. The van der Waals surface area contributed by atoms with Crippen LogP contribution >= 0.6 is 0 Å². The molecular formula is C14H21N3O2. The molecule has 0 saturated carbocycles. The smallest absolute Gasteiger partial charge is 0.250 e. The van der Waals surface area contributed by atoms with Crippen LogP contribution in [0.25, 0.3) is 0 Å². The molecule has 5 heteroatoms. The van der Waals surface area contributed by atoms with Crippen molar-refractivity contribution in [2.75, 3.05) is 23.7 Å². The zero-order valence-electron chi connectivity index (χ0n) is 11.6. The van der Waals surface area contributed by atoms with E-state index < -0.39 is 5.91 Å². The van der Waals surface area contributed by atoms with Crippen molar-refractivity contribution < 1.29 is 9.53 Å². The Morgan fingerprint density at radius 3 is 2.74 bits per heavy atom. The molecule has 5 nitrogen and oxygen atoms in total. The Kier molecular flexibility index (Phi) is 3.41. The first-order valence-electron chi connectivity index (χ1n) is 6.41. The Morgan fingerprint density at radius 2 is 2.16 bits per heavy atom. The van der Waals surface area contributed by atoms with E-state index in [1.165, 1.54) is 0 Å². The molecule has 1 atom stereocenters. The first-order chi connectivity index (χ1) is 8.80. The Morgan fingerprint density at radius 1 is 1.47 bits per heavy atom. The number of nitrogens with zero attached hydrogens (tertiary/aromatic N) is 1. The summed E-state index contributed by atoms with van der Waals surface area (Å²) in [4.78, 5) is 13.7. The second kappa shape index (κ2) is 4.74. The minimum atomic E-state index is -0.459. The number of amides is 1. The predicted molar refractivity (Wildman–Crippen MR) is 76.2 cm³/mol. The molecule has 1 fully saturated rings. The number of ether oxygens (including phenoxy) is 1. The van der Waals surface area contributed by atoms with E-state index in [4.69, 9.17) is 16.2 Å². The van der Waals surface area contributed by atoms with E-state index in [2.05, 4.69) is 4.90 Å². The van der Waals surface area contributed by atoms with Gasteiger partial charge in [0.25, 0.3) is 5.91 Å². The van der Waals surface area contributed by atoms with Crippen molar-refractivity contribution in [3.05, 3.63) is 23.8 Å². The summed E-state index contributed by atoms with van der Waals surface area (Å²) >= 11 is 0. The monoisotopic (exact) mass is 263 g/mol. The number of primary amides is 1. The van der Waals surface area contributed by atoms with Crippen LogP contribution in [-0.2, 0) is 4.74 Å². The zero-order valence-corrected chi connectivity index (χ0v) is 11.6. The highest BCUT2D eigenvalue weighted by Gasteiger charge is 2.33. The normalized spacial score (nSPS) is 22.3. The number of benzene rings is 1. The number of hydrogen-bond donors (Lipinski definition) is 2. The number of carbonyl (C=O) groups excluding carboxylic acids is 1. The molecule has 0 aromatic heterocycles. The van der Waals surface area contributed by atoms with Crippen LogP contribution < -0.4 is 16.4 Å². The maximum Gasteiger partial charge on any atom is 0.250 e. The molecule has 0 radical (unpaired) electrons. The SMILES string of the molecule is CC1CN(c2c(N)cccc2C(N)=O)CC(C)(C)O1. The van der Waals surface area contributed by atoms with Gasteiger partial charge in [-0.15, -0.1) is 0 Å². The summed E-state index contributed by atoms with van der Waals surface area (Å²) in [6.07, 6.45) is 0.0732. The van der Waals surface area contributed by atoms with Gasteiger partial charge in [-0.3, -0.25) is 4.79 Å². The van der Waals surface area contributed by atoms with Crippen molar-refractivity contribution in [2.24, 2.45) is 5.73 Å². The first kappa shape index (κ1) is 13.7. The van der Waals surface area contributed by atoms with Crippen LogP contribution in [0, 0.1) is 0 Å². The summed E-state index contributed by atoms with van der Waals surface area (Å²) in [6.45, 7) is 7.43. The van der Waals surface area contributed by atoms with Gasteiger partial charge in [-0.2, -0.15) is 0 Å². The number of morpholine rings is 1. The molecule has 2 rings (SSSR count). The van der Waals surface area contributed by atoms with E-state index in [0.717, 1.165) is 5.69 Å². The molecule has 0 spiro atoms. The van der Waals surface area contributed by atoms with E-state index in [9.17, 15) is 4.79 Å². The number of carbonyl (C=O) groups is 1. The fourth-order valence-corrected chi connectivity index (χ4v) is 2.74. The van der Waals surface area contributed by atoms with Gasteiger partial charge < -0.3 is 21.1 Å². The van der Waals surface area contributed by atoms with Gasteiger partial charge in [-0.1, -0.05) is 6.07 Å². The van der Waals surface area contributed by atoms with Crippen molar-refractivity contribution in [1.29, 1.82) is 0 Å². The summed E-state index contributed by atoms with van der Waals surface area (Å²) in [5.41, 5.74) is 12.9. The van der Waals surface area contributed by atoms with Crippen LogP contribution in [0.5, 0.6) is 0 Å². The minimum Gasteiger partial charge on any atom is -0.397 e. The molecule has 19 heavy (non-hydrogen) atoms. The third kappa shape index (κ3) is 2.81. The summed E-state index contributed by atoms with van der Waals surface area (Å²) in [6, 6.07) is 5.24. The molecule has 1 aromatic carbocycles. The molecule has 1 aromatic rings. The van der Waals surface area contributed by atoms with Gasteiger partial charge in [0.2, 0.25) is 0 Å². The molecular weight excluding hydrogens is 242 g/mol. The van der Waals surface area contributed by atoms with Gasteiger partial charge in [0.15, 0.2) is 0 Å². The summed E-state index contributed by atoms with van der Waals surface area (Å²) in [5, 5.41) is 0. The molecule has 1 heterocycles. The number of nitrogen functional groups attached to an aromatic ring is 1. The van der Waals surface area contributed by atoms with Gasteiger partial charge in [-0.05, 0) is 32.9 Å². The standard InChI is InChI=1S/C14H21N3O2/c1-9-7-17(8-14(2,3)19-9)12-10(13(16)18)5-4-6-11(12)15/h4-6,9H,7-8,15H2,1-3H3,(H2,16,18). The minimum absolute atomic E-state index is 0.0732. The molecule has 1 aliphatic heterocycles. The number of hydrogen-bond acceptors (Lipinski definition) is 4. The van der Waals surface area contributed by atoms with Crippen molar-refractivity contribution in [3.63, 3.8) is 0 Å². The highest BCUT2D eigenvalue weighted by atomic mass is 16.5. The summed E-state index contributed by atoms with van der Waals surface area (Å²) in [7, 11) is 0. The molecule has 0 bridgehead atoms. The number of rotatable bonds is 2. The average Bonchev–Trinajstić information content (AvgIpc) is 2.25. The third-order valence-corrected chi connectivity index (χ3v) is 3.22. The fraction of sp³-hybridized carbons (Fsp3) is 0.500. The molecule has 104 valence electrons. The fourth-order valence-electron chi connectivity index (χ4n) is 2.74. The van der Waals surface area contributed by atoms with Crippen molar-refractivity contribution >= 4 is 17.3 Å². The van der Waals surface area contributed by atoms with Crippen LogP contribution in [0.3, 0.4) is 0 Å². The highest BCUT2D eigenvalue weighted by molar-refractivity contribution is 6.01. The van der Waals surface area contributed by atoms with Crippen LogP contribution in [0.4, 0.5) is 11.4 Å². The van der Waals surface area contributed by atoms with Gasteiger partial charge in [0, 0.05) is 13.1 Å². The summed E-state index contributed by atoms with van der Waals surface area (Å²) in [5.74, 6) is -0.459. The molecule has 1 unspecified atom stereocenters. The lowest BCUT2D eigenvalue weighted by Gasteiger charge is -2.43. The van der Waals surface area contributed by atoms with E-state index >= 15 is 0 Å². The summed E-state index contributed by atoms with van der Waals surface area (Å²) < 4.78 is 5.87. The Balaban J connectivity index is 2.43. The van der Waals surface area contributed by atoms with E-state index in [0.29, 0.717) is 24.3 Å². The van der Waals surface area contributed by atoms with E-state index in [1.807, 2.05) is 20.8 Å². The lowest BCUT2D eigenvalue weighted by atomic mass is 10.0. The van der Waals surface area contributed by atoms with Gasteiger partial charge in [0.05, 0.1) is 28.6 Å². The van der Waals surface area contributed by atoms with Gasteiger partial charge in [-0.25, -0.2) is 0 Å². The molecule has 4 N–H and O–H groups in total. The number of nitrogens with two attached hydrogens (primary N) is 2. The van der Waals surface area contributed by atoms with E-state index in [1.54, 1.807) is 18.2 Å². The van der Waals surface area contributed by atoms with Crippen molar-refractivity contribution in [1.82, 2.24) is 0 Å². The first-order valence-corrected chi connectivity index (χ1v) is 6.41. The lowest BCUT2D eigenvalue weighted by Crippen LogP contribution is -2.52. The van der Waals surface area contributed by atoms with Crippen LogP contribution in [-0.4, -0.2) is 30.7 Å². The maximum atomic E-state index is 11.6. The second-order valence-corrected chi connectivity index (χ2v) is 5.68. The number of para-hydroxylation sites is 1. The van der Waals surface area contributed by atoms with Crippen LogP contribution in [0.15, 0.2) is 18.2 Å². The quantitative estimate of drug-likeness (QED) is 0.790. The Labute approximate surface area is 113 Å². The largest absolute Gasteiger partial charge is 0.397 e. The predicted octanol–water partition coefficient (Wildman–Crippen LogP) is 1.37. The molecule has 1 aliphatic rings. The molecule has 1 saturated heterocycles. The number of anilines is 2. The molecule has 1 amide bonds. The lowest BCUT2D eigenvalue weighted by molar-refractivity contribution is -0.0749.